The van der Waals surface area contributed by atoms with Crippen molar-refractivity contribution in [3.8, 4) is 0 Å². The summed E-state index contributed by atoms with van der Waals surface area (Å²) in [5, 5.41) is 10.7. The van der Waals surface area contributed by atoms with E-state index in [1.54, 1.807) is 24.9 Å². The maximum atomic E-state index is 12.2. The molecule has 0 unspecified atom stereocenters. The van der Waals surface area contributed by atoms with Crippen molar-refractivity contribution in [3.05, 3.63) is 29.8 Å². The Morgan fingerprint density at radius 1 is 1.30 bits per heavy atom. The molecule has 23 heavy (non-hydrogen) atoms. The number of hydrogen-bond donors (Lipinski definition) is 1. The first-order chi connectivity index (χ1) is 11.0. The number of nitrogens with one attached hydrogen (secondary N) is 1. The van der Waals surface area contributed by atoms with Crippen LogP contribution in [0.3, 0.4) is 0 Å². The lowest BCUT2D eigenvalue weighted by Crippen LogP contribution is -2.12. The fourth-order valence-electron chi connectivity index (χ4n) is 1.85. The number of carbonyl (C=O) groups is 2. The maximum absolute atomic E-state index is 12.2. The number of hydrogen-bond acceptors (Lipinski definition) is 6. The molecular formula is C14H19N5O4. The summed E-state index contributed by atoms with van der Waals surface area (Å²) in [6.45, 7) is 4.73. The molecule has 2 aromatic heterocycles. The number of anilines is 1. The van der Waals surface area contributed by atoms with Gasteiger partial charge in [-0.2, -0.15) is 10.2 Å². The maximum Gasteiger partial charge on any atom is 0.356 e. The van der Waals surface area contributed by atoms with Crippen molar-refractivity contribution in [2.75, 3.05) is 18.5 Å². The normalized spacial score (nSPS) is 10.6. The number of ether oxygens (including phenoxy) is 2. The molecule has 0 saturated heterocycles. The highest BCUT2D eigenvalue weighted by Crippen LogP contribution is 2.10. The molecule has 0 saturated carbocycles. The highest BCUT2D eigenvalue weighted by atomic mass is 16.5. The Labute approximate surface area is 133 Å². The van der Waals surface area contributed by atoms with Crippen LogP contribution in [0.5, 0.6) is 0 Å². The summed E-state index contributed by atoms with van der Waals surface area (Å²) in [4.78, 5) is 23.9. The zero-order valence-corrected chi connectivity index (χ0v) is 13.3. The van der Waals surface area contributed by atoms with Crippen molar-refractivity contribution >= 4 is 17.6 Å². The molecule has 124 valence electrons. The van der Waals surface area contributed by atoms with Crippen LogP contribution >= 0.6 is 0 Å². The molecule has 0 bridgehead atoms. The summed E-state index contributed by atoms with van der Waals surface area (Å²) in [6.07, 6.45) is 3.15. The summed E-state index contributed by atoms with van der Waals surface area (Å²) in [6, 6.07) is 1.39. The lowest BCUT2D eigenvalue weighted by atomic mass is 10.3. The van der Waals surface area contributed by atoms with Gasteiger partial charge >= 0.3 is 5.97 Å². The second-order valence-electron chi connectivity index (χ2n) is 4.60. The zero-order valence-electron chi connectivity index (χ0n) is 13.3. The molecule has 2 rings (SSSR count). The predicted molar refractivity (Wildman–Crippen MR) is 81.0 cm³/mol. The first-order valence-electron chi connectivity index (χ1n) is 7.17. The summed E-state index contributed by atoms with van der Waals surface area (Å²) in [5.41, 5.74) is 0.843. The molecule has 0 aliphatic rings. The second kappa shape index (κ2) is 7.54. The monoisotopic (exact) mass is 321 g/mol. The smallest absolute Gasteiger partial charge is 0.356 e. The van der Waals surface area contributed by atoms with Gasteiger partial charge in [0.1, 0.15) is 12.4 Å². The van der Waals surface area contributed by atoms with Crippen molar-refractivity contribution in [3.63, 3.8) is 0 Å². The van der Waals surface area contributed by atoms with Crippen molar-refractivity contribution in [2.45, 2.75) is 20.6 Å². The van der Waals surface area contributed by atoms with Gasteiger partial charge in [0.2, 0.25) is 0 Å². The molecular weight excluding hydrogens is 302 g/mol. The van der Waals surface area contributed by atoms with E-state index in [4.69, 9.17) is 9.47 Å². The average Bonchev–Trinajstić information content (AvgIpc) is 3.12. The van der Waals surface area contributed by atoms with Gasteiger partial charge in [-0.15, -0.1) is 0 Å². The van der Waals surface area contributed by atoms with Crippen LogP contribution in [-0.2, 0) is 23.3 Å². The largest absolute Gasteiger partial charge is 0.461 e. The fraction of sp³-hybridized carbons (Fsp3) is 0.429. The number of aryl methyl sites for hydroxylation is 1. The minimum absolute atomic E-state index is 0.119. The van der Waals surface area contributed by atoms with E-state index in [1.807, 2.05) is 6.92 Å². The Kier molecular flexibility index (Phi) is 5.47. The van der Waals surface area contributed by atoms with Crippen LogP contribution in [0.25, 0.3) is 0 Å². The summed E-state index contributed by atoms with van der Waals surface area (Å²) in [5.74, 6) is -0.960. The number of rotatable bonds is 7. The van der Waals surface area contributed by atoms with Gasteiger partial charge in [-0.25, -0.2) is 9.48 Å². The summed E-state index contributed by atoms with van der Waals surface area (Å²) in [7, 11) is 1.57. The SMILES string of the molecule is CCOCn1cc(NC(=O)c2cc(C(=O)OCC)n(C)n2)cn1. The Bertz CT molecular complexity index is 691. The van der Waals surface area contributed by atoms with Crippen molar-refractivity contribution in [1.29, 1.82) is 0 Å². The minimum atomic E-state index is -0.522. The van der Waals surface area contributed by atoms with E-state index in [1.165, 1.54) is 16.9 Å². The number of nitrogens with zero attached hydrogens (tertiary/aromatic N) is 4. The quantitative estimate of drug-likeness (QED) is 0.765. The van der Waals surface area contributed by atoms with Crippen molar-refractivity contribution in [1.82, 2.24) is 19.6 Å². The topological polar surface area (TPSA) is 100 Å². The van der Waals surface area contributed by atoms with Gasteiger partial charge in [-0.3, -0.25) is 9.48 Å². The lowest BCUT2D eigenvalue weighted by Gasteiger charge is -2.00. The van der Waals surface area contributed by atoms with E-state index < -0.39 is 11.9 Å². The zero-order chi connectivity index (χ0) is 16.8. The summed E-state index contributed by atoms with van der Waals surface area (Å²) < 4.78 is 13.0. The predicted octanol–water partition coefficient (Wildman–Crippen LogP) is 1.04. The fourth-order valence-corrected chi connectivity index (χ4v) is 1.85. The molecule has 1 amide bonds. The Morgan fingerprint density at radius 2 is 2.09 bits per heavy atom. The van der Waals surface area contributed by atoms with E-state index in [0.29, 0.717) is 19.0 Å². The van der Waals surface area contributed by atoms with Gasteiger partial charge in [0.25, 0.3) is 5.91 Å². The molecule has 2 aromatic rings. The third kappa shape index (κ3) is 4.16. The highest BCUT2D eigenvalue weighted by molar-refractivity contribution is 6.04. The van der Waals surface area contributed by atoms with Crippen molar-refractivity contribution < 1.29 is 19.1 Å². The Hall–Kier alpha value is -2.68. The van der Waals surface area contributed by atoms with Gasteiger partial charge in [-0.1, -0.05) is 0 Å². The van der Waals surface area contributed by atoms with E-state index in [-0.39, 0.29) is 18.0 Å². The van der Waals surface area contributed by atoms with Gasteiger partial charge in [0.05, 0.1) is 24.7 Å². The number of amides is 1. The molecule has 0 radical (unpaired) electrons. The van der Waals surface area contributed by atoms with Gasteiger partial charge < -0.3 is 14.8 Å². The van der Waals surface area contributed by atoms with Gasteiger partial charge in [0, 0.05) is 19.7 Å². The minimum Gasteiger partial charge on any atom is -0.461 e. The molecule has 1 N–H and O–H groups in total. The highest BCUT2D eigenvalue weighted by Gasteiger charge is 2.18. The van der Waals surface area contributed by atoms with E-state index >= 15 is 0 Å². The molecule has 0 fully saturated rings. The third-order valence-electron chi connectivity index (χ3n) is 2.92. The standard InChI is InChI=1S/C14H19N5O4/c1-4-22-9-19-8-10(7-15-19)16-13(20)11-6-12(18(3)17-11)14(21)23-5-2/h6-8H,4-5,9H2,1-3H3,(H,16,20). The summed E-state index contributed by atoms with van der Waals surface area (Å²) >= 11 is 0. The third-order valence-corrected chi connectivity index (χ3v) is 2.92. The number of carbonyl (C=O) groups excluding carboxylic acids is 2. The molecule has 0 aliphatic carbocycles. The molecule has 9 nitrogen and oxygen atoms in total. The molecule has 0 aliphatic heterocycles. The Morgan fingerprint density at radius 3 is 2.78 bits per heavy atom. The molecule has 0 spiro atoms. The second-order valence-corrected chi connectivity index (χ2v) is 4.60. The van der Waals surface area contributed by atoms with E-state index in [0.717, 1.165) is 0 Å². The molecule has 9 heteroatoms. The van der Waals surface area contributed by atoms with Crippen LogP contribution in [0.1, 0.15) is 34.8 Å². The van der Waals surface area contributed by atoms with E-state index in [2.05, 4.69) is 15.5 Å². The number of aromatic nitrogens is 4. The van der Waals surface area contributed by atoms with Crippen molar-refractivity contribution in [2.24, 2.45) is 7.05 Å². The first-order valence-corrected chi connectivity index (χ1v) is 7.17. The first kappa shape index (κ1) is 16.7. The van der Waals surface area contributed by atoms with Gasteiger partial charge in [-0.05, 0) is 13.8 Å². The van der Waals surface area contributed by atoms with Crippen LogP contribution in [0.15, 0.2) is 18.5 Å². The molecule has 2 heterocycles. The van der Waals surface area contributed by atoms with E-state index in [9.17, 15) is 9.59 Å². The van der Waals surface area contributed by atoms with Crippen LogP contribution in [0.4, 0.5) is 5.69 Å². The lowest BCUT2D eigenvalue weighted by molar-refractivity contribution is 0.0513. The van der Waals surface area contributed by atoms with Crippen LogP contribution < -0.4 is 5.32 Å². The molecule has 0 atom stereocenters. The number of esters is 1. The van der Waals surface area contributed by atoms with Crippen LogP contribution in [0, 0.1) is 0 Å². The van der Waals surface area contributed by atoms with Crippen LogP contribution in [-0.4, -0.2) is 44.7 Å². The average molecular weight is 321 g/mol. The Balaban J connectivity index is 2.04. The van der Waals surface area contributed by atoms with Gasteiger partial charge in [0.15, 0.2) is 5.69 Å². The molecule has 0 aromatic carbocycles. The van der Waals surface area contributed by atoms with Crippen LogP contribution in [0.2, 0.25) is 0 Å².